The third-order valence-electron chi connectivity index (χ3n) is 2.89. The first-order valence-electron chi connectivity index (χ1n) is 6.64. The highest BCUT2D eigenvalue weighted by Gasteiger charge is 2.12. The minimum absolute atomic E-state index is 0.0175. The van der Waals surface area contributed by atoms with Gasteiger partial charge in [0, 0.05) is 12.6 Å². The summed E-state index contributed by atoms with van der Waals surface area (Å²) in [5.74, 6) is -0.602. The molecular formula is C14H22N2O4. The van der Waals surface area contributed by atoms with E-state index >= 15 is 0 Å². The number of pyridine rings is 1. The number of aromatic nitrogens is 1. The monoisotopic (exact) mass is 282 g/mol. The number of aliphatic hydroxyl groups is 2. The van der Waals surface area contributed by atoms with Crippen LogP contribution in [-0.2, 0) is 13.2 Å². The summed E-state index contributed by atoms with van der Waals surface area (Å²) in [4.78, 5) is 15.2. The summed E-state index contributed by atoms with van der Waals surface area (Å²) in [5.41, 5.74) is 0.965. The molecule has 1 atom stereocenters. The third kappa shape index (κ3) is 5.24. The van der Waals surface area contributed by atoms with E-state index in [0.717, 1.165) is 6.42 Å². The topological polar surface area (TPSA) is 103 Å². The number of carbonyl (C=O) groups is 1. The van der Waals surface area contributed by atoms with Gasteiger partial charge in [-0.3, -0.25) is 4.98 Å². The second-order valence-electron chi connectivity index (χ2n) is 5.19. The molecule has 0 saturated carbocycles. The molecule has 0 aliphatic heterocycles. The molecule has 0 aliphatic rings. The normalized spacial score (nSPS) is 12.7. The van der Waals surface area contributed by atoms with Gasteiger partial charge < -0.3 is 20.6 Å². The van der Waals surface area contributed by atoms with Crippen molar-refractivity contribution in [3.63, 3.8) is 0 Å². The molecule has 0 unspecified atom stereocenters. The molecular weight excluding hydrogens is 260 g/mol. The molecule has 0 fully saturated rings. The van der Waals surface area contributed by atoms with Crippen LogP contribution in [-0.4, -0.2) is 38.9 Å². The summed E-state index contributed by atoms with van der Waals surface area (Å²) >= 11 is 0. The summed E-state index contributed by atoms with van der Waals surface area (Å²) in [6.07, 6.45) is 0.821. The molecule has 4 N–H and O–H groups in total. The van der Waals surface area contributed by atoms with Gasteiger partial charge in [0.25, 0.3) is 0 Å². The predicted octanol–water partition coefficient (Wildman–Crippen LogP) is 0.769. The van der Waals surface area contributed by atoms with Gasteiger partial charge in [-0.2, -0.15) is 0 Å². The van der Waals surface area contributed by atoms with Gasteiger partial charge in [-0.25, -0.2) is 4.79 Å². The van der Waals surface area contributed by atoms with Crippen molar-refractivity contribution in [1.29, 1.82) is 0 Å². The lowest BCUT2D eigenvalue weighted by Gasteiger charge is -2.18. The van der Waals surface area contributed by atoms with Crippen LogP contribution in [0.3, 0.4) is 0 Å². The minimum Gasteiger partial charge on any atom is -0.478 e. The number of nitrogens with one attached hydrogen (secondary N) is 1. The van der Waals surface area contributed by atoms with Crippen LogP contribution >= 0.6 is 0 Å². The van der Waals surface area contributed by atoms with Gasteiger partial charge in [-0.15, -0.1) is 0 Å². The Balaban J connectivity index is 2.75. The van der Waals surface area contributed by atoms with Gasteiger partial charge in [0.2, 0.25) is 0 Å². The highest BCUT2D eigenvalue weighted by molar-refractivity contribution is 5.87. The van der Waals surface area contributed by atoms with Crippen molar-refractivity contribution in [2.75, 3.05) is 6.61 Å². The molecule has 1 aromatic rings. The average Bonchev–Trinajstić information content (AvgIpc) is 2.42. The number of carboxylic acid groups (broad SMARTS) is 1. The summed E-state index contributed by atoms with van der Waals surface area (Å²) in [6, 6.07) is 2.77. The minimum atomic E-state index is -1.05. The van der Waals surface area contributed by atoms with E-state index in [4.69, 9.17) is 10.2 Å². The number of nitrogens with zero attached hydrogens (tertiary/aromatic N) is 1. The fourth-order valence-electron chi connectivity index (χ4n) is 1.99. The highest BCUT2D eigenvalue weighted by atomic mass is 16.4. The second kappa shape index (κ2) is 7.94. The van der Waals surface area contributed by atoms with Crippen molar-refractivity contribution in [2.45, 2.75) is 39.5 Å². The van der Waals surface area contributed by atoms with Crippen LogP contribution in [0.4, 0.5) is 0 Å². The SMILES string of the molecule is CC(C)C[C@@H](CO)NCc1cc(C(=O)O)cc(CO)n1. The zero-order valence-corrected chi connectivity index (χ0v) is 11.8. The van der Waals surface area contributed by atoms with Crippen molar-refractivity contribution in [3.05, 3.63) is 29.1 Å². The molecule has 0 radical (unpaired) electrons. The van der Waals surface area contributed by atoms with Crippen LogP contribution in [0.5, 0.6) is 0 Å². The quantitative estimate of drug-likeness (QED) is 0.561. The number of hydrogen-bond acceptors (Lipinski definition) is 5. The lowest BCUT2D eigenvalue weighted by molar-refractivity contribution is 0.0696. The summed E-state index contributed by atoms with van der Waals surface area (Å²) < 4.78 is 0. The molecule has 20 heavy (non-hydrogen) atoms. The lowest BCUT2D eigenvalue weighted by atomic mass is 10.0. The van der Waals surface area contributed by atoms with Gasteiger partial charge in [0.05, 0.1) is 30.2 Å². The van der Waals surface area contributed by atoms with Gasteiger partial charge in [0.1, 0.15) is 0 Å². The number of hydrogen-bond donors (Lipinski definition) is 4. The number of carboxylic acids is 1. The van der Waals surface area contributed by atoms with Crippen molar-refractivity contribution in [3.8, 4) is 0 Å². The Labute approximate surface area is 118 Å². The van der Waals surface area contributed by atoms with E-state index in [9.17, 15) is 9.90 Å². The lowest BCUT2D eigenvalue weighted by Crippen LogP contribution is -2.33. The first-order chi connectivity index (χ1) is 9.46. The molecule has 6 heteroatoms. The molecule has 112 valence electrons. The maximum absolute atomic E-state index is 11.0. The standard InChI is InChI=1S/C14H22N2O4/c1-9(2)3-12(7-17)15-6-11-4-10(14(19)20)5-13(8-18)16-11/h4-5,9,12,15,17-18H,3,6-8H2,1-2H3,(H,19,20)/t12-/m0/s1. The Morgan fingerprint density at radius 3 is 2.45 bits per heavy atom. The fraction of sp³-hybridized carbons (Fsp3) is 0.571. The first-order valence-corrected chi connectivity index (χ1v) is 6.64. The van der Waals surface area contributed by atoms with Crippen LogP contribution in [0.1, 0.15) is 42.0 Å². The van der Waals surface area contributed by atoms with Gasteiger partial charge >= 0.3 is 5.97 Å². The van der Waals surface area contributed by atoms with Crippen LogP contribution < -0.4 is 5.32 Å². The Hall–Kier alpha value is -1.50. The molecule has 1 rings (SSSR count). The van der Waals surface area contributed by atoms with Gasteiger partial charge in [-0.1, -0.05) is 13.8 Å². The molecule has 0 aliphatic carbocycles. The van der Waals surface area contributed by atoms with E-state index in [2.05, 4.69) is 24.1 Å². The largest absolute Gasteiger partial charge is 0.478 e. The van der Waals surface area contributed by atoms with E-state index in [1.165, 1.54) is 12.1 Å². The summed E-state index contributed by atoms with van der Waals surface area (Å²) in [5, 5.41) is 30.5. The van der Waals surface area contributed by atoms with Crippen molar-refractivity contribution >= 4 is 5.97 Å². The molecule has 0 amide bonds. The van der Waals surface area contributed by atoms with E-state index in [0.29, 0.717) is 23.9 Å². The number of rotatable bonds is 8. The van der Waals surface area contributed by atoms with Crippen LogP contribution in [0.25, 0.3) is 0 Å². The van der Waals surface area contributed by atoms with Crippen molar-refractivity contribution in [1.82, 2.24) is 10.3 Å². The number of aromatic carboxylic acids is 1. The summed E-state index contributed by atoms with van der Waals surface area (Å²) in [7, 11) is 0. The molecule has 1 aromatic heterocycles. The molecule has 0 bridgehead atoms. The maximum Gasteiger partial charge on any atom is 0.335 e. The molecule has 0 spiro atoms. The van der Waals surface area contributed by atoms with Gasteiger partial charge in [-0.05, 0) is 24.5 Å². The van der Waals surface area contributed by atoms with Gasteiger partial charge in [0.15, 0.2) is 0 Å². The van der Waals surface area contributed by atoms with E-state index in [1.54, 1.807) is 0 Å². The number of aliphatic hydroxyl groups excluding tert-OH is 2. The van der Waals surface area contributed by atoms with E-state index in [-0.39, 0.29) is 24.8 Å². The Kier molecular flexibility index (Phi) is 6.57. The molecule has 6 nitrogen and oxygen atoms in total. The average molecular weight is 282 g/mol. The maximum atomic E-state index is 11.0. The highest BCUT2D eigenvalue weighted by Crippen LogP contribution is 2.09. The molecule has 0 saturated heterocycles. The fourth-order valence-corrected chi connectivity index (χ4v) is 1.99. The molecule has 0 aromatic carbocycles. The second-order valence-corrected chi connectivity index (χ2v) is 5.19. The molecule has 1 heterocycles. The van der Waals surface area contributed by atoms with E-state index < -0.39 is 5.97 Å². The zero-order chi connectivity index (χ0) is 15.1. The zero-order valence-electron chi connectivity index (χ0n) is 11.8. The Morgan fingerprint density at radius 2 is 1.95 bits per heavy atom. The van der Waals surface area contributed by atoms with Crippen molar-refractivity contribution < 1.29 is 20.1 Å². The van der Waals surface area contributed by atoms with Crippen LogP contribution in [0, 0.1) is 5.92 Å². The van der Waals surface area contributed by atoms with E-state index in [1.807, 2.05) is 0 Å². The van der Waals surface area contributed by atoms with Crippen LogP contribution in [0.15, 0.2) is 12.1 Å². The van der Waals surface area contributed by atoms with Crippen molar-refractivity contribution in [2.24, 2.45) is 5.92 Å². The van der Waals surface area contributed by atoms with Crippen LogP contribution in [0.2, 0.25) is 0 Å². The Bertz CT molecular complexity index is 449. The predicted molar refractivity (Wildman–Crippen MR) is 74.3 cm³/mol. The first kappa shape index (κ1) is 16.6. The third-order valence-corrected chi connectivity index (χ3v) is 2.89. The Morgan fingerprint density at radius 1 is 1.30 bits per heavy atom. The summed E-state index contributed by atoms with van der Waals surface area (Å²) in [6.45, 7) is 4.20. The smallest absolute Gasteiger partial charge is 0.335 e.